The van der Waals surface area contributed by atoms with Gasteiger partial charge in [0.15, 0.2) is 17.4 Å². The standard InChI is InChI=1S/C14H9BrF4O2/c15-8-1-3-9(4-2-8)20-5-6-21-14-12(18)10(16)7-11(17)13(14)19/h1-4,7H,5-6H2. The minimum Gasteiger partial charge on any atom is -0.490 e. The molecule has 0 aliphatic carbocycles. The molecule has 7 heteroatoms. The largest absolute Gasteiger partial charge is 0.490 e. The Morgan fingerprint density at radius 2 is 1.33 bits per heavy atom. The maximum atomic E-state index is 13.3. The van der Waals surface area contributed by atoms with Crippen LogP contribution in [0.5, 0.6) is 11.5 Å². The van der Waals surface area contributed by atoms with Crippen LogP contribution in [0.15, 0.2) is 34.8 Å². The third kappa shape index (κ3) is 3.87. The molecule has 0 amide bonds. The third-order valence-corrected chi connectivity index (χ3v) is 3.01. The fourth-order valence-corrected chi connectivity index (χ4v) is 1.78. The molecule has 0 saturated heterocycles. The zero-order chi connectivity index (χ0) is 15.4. The smallest absolute Gasteiger partial charge is 0.203 e. The molecule has 2 rings (SSSR count). The fraction of sp³-hybridized carbons (Fsp3) is 0.143. The van der Waals surface area contributed by atoms with E-state index < -0.39 is 29.0 Å². The molecule has 0 spiro atoms. The number of rotatable bonds is 5. The van der Waals surface area contributed by atoms with Crippen LogP contribution in [0.25, 0.3) is 0 Å². The van der Waals surface area contributed by atoms with E-state index in [1.165, 1.54) is 0 Å². The Hall–Kier alpha value is -1.76. The van der Waals surface area contributed by atoms with Crippen LogP contribution in [0, 0.1) is 23.3 Å². The summed E-state index contributed by atoms with van der Waals surface area (Å²) in [6.07, 6.45) is 0. The summed E-state index contributed by atoms with van der Waals surface area (Å²) in [6, 6.07) is 6.96. The van der Waals surface area contributed by atoms with Crippen LogP contribution < -0.4 is 9.47 Å². The predicted molar refractivity (Wildman–Crippen MR) is 71.4 cm³/mol. The zero-order valence-corrected chi connectivity index (χ0v) is 12.1. The van der Waals surface area contributed by atoms with Gasteiger partial charge in [-0.15, -0.1) is 0 Å². The SMILES string of the molecule is Fc1cc(F)c(F)c(OCCOc2ccc(Br)cc2)c1F. The summed E-state index contributed by atoms with van der Waals surface area (Å²) < 4.78 is 63.3. The first-order chi connectivity index (χ1) is 9.99. The lowest BCUT2D eigenvalue weighted by Gasteiger charge is -2.10. The molecule has 0 unspecified atom stereocenters. The summed E-state index contributed by atoms with van der Waals surface area (Å²) in [5.74, 6) is -6.74. The van der Waals surface area contributed by atoms with Crippen LogP contribution >= 0.6 is 15.9 Å². The van der Waals surface area contributed by atoms with E-state index in [1.54, 1.807) is 24.3 Å². The van der Waals surface area contributed by atoms with E-state index in [1.807, 2.05) is 0 Å². The first-order valence-electron chi connectivity index (χ1n) is 5.83. The minimum absolute atomic E-state index is 0.0430. The van der Waals surface area contributed by atoms with Gasteiger partial charge in [0.2, 0.25) is 11.6 Å². The van der Waals surface area contributed by atoms with Crippen LogP contribution in [-0.4, -0.2) is 13.2 Å². The number of hydrogen-bond donors (Lipinski definition) is 0. The first-order valence-corrected chi connectivity index (χ1v) is 6.62. The van der Waals surface area contributed by atoms with Crippen molar-refractivity contribution in [2.24, 2.45) is 0 Å². The molecule has 0 aromatic heterocycles. The lowest BCUT2D eigenvalue weighted by atomic mass is 10.3. The van der Waals surface area contributed by atoms with Gasteiger partial charge in [-0.25, -0.2) is 8.78 Å². The molecule has 0 N–H and O–H groups in total. The van der Waals surface area contributed by atoms with Crippen LogP contribution in [0.3, 0.4) is 0 Å². The number of halogens is 5. The molecule has 2 nitrogen and oxygen atoms in total. The first kappa shape index (κ1) is 15.6. The molecule has 0 saturated carbocycles. The number of ether oxygens (including phenoxy) is 2. The lowest BCUT2D eigenvalue weighted by molar-refractivity contribution is 0.201. The van der Waals surface area contributed by atoms with Gasteiger partial charge in [0, 0.05) is 10.5 Å². The van der Waals surface area contributed by atoms with Gasteiger partial charge in [0.1, 0.15) is 19.0 Å². The molecule has 0 heterocycles. The van der Waals surface area contributed by atoms with Gasteiger partial charge in [-0.05, 0) is 24.3 Å². The average Bonchev–Trinajstić information content (AvgIpc) is 2.46. The lowest BCUT2D eigenvalue weighted by Crippen LogP contribution is -2.12. The molecule has 0 aliphatic heterocycles. The van der Waals surface area contributed by atoms with E-state index in [9.17, 15) is 17.6 Å². The van der Waals surface area contributed by atoms with Crippen molar-refractivity contribution in [2.45, 2.75) is 0 Å². The Kier molecular flexibility index (Phi) is 5.06. The van der Waals surface area contributed by atoms with Gasteiger partial charge in [-0.1, -0.05) is 15.9 Å². The summed E-state index contributed by atoms with van der Waals surface area (Å²) in [5.41, 5.74) is 0. The topological polar surface area (TPSA) is 18.5 Å². The fourth-order valence-electron chi connectivity index (χ4n) is 1.51. The Balaban J connectivity index is 1.93. The van der Waals surface area contributed by atoms with Crippen molar-refractivity contribution in [1.82, 2.24) is 0 Å². The van der Waals surface area contributed by atoms with E-state index in [0.29, 0.717) is 5.75 Å². The number of benzene rings is 2. The van der Waals surface area contributed by atoms with Crippen molar-refractivity contribution >= 4 is 15.9 Å². The van der Waals surface area contributed by atoms with Crippen LogP contribution in [0.1, 0.15) is 0 Å². The Labute approximate surface area is 126 Å². The van der Waals surface area contributed by atoms with E-state index in [0.717, 1.165) is 4.47 Å². The van der Waals surface area contributed by atoms with Crippen LogP contribution in [0.2, 0.25) is 0 Å². The van der Waals surface area contributed by atoms with Crippen molar-refractivity contribution in [3.63, 3.8) is 0 Å². The maximum Gasteiger partial charge on any atom is 0.203 e. The van der Waals surface area contributed by atoms with Crippen LogP contribution in [0.4, 0.5) is 17.6 Å². The molecule has 112 valence electrons. The van der Waals surface area contributed by atoms with Crippen molar-refractivity contribution in [2.75, 3.05) is 13.2 Å². The van der Waals surface area contributed by atoms with Gasteiger partial charge in [-0.3, -0.25) is 0 Å². The van der Waals surface area contributed by atoms with E-state index in [2.05, 4.69) is 15.9 Å². The second-order valence-corrected chi connectivity index (χ2v) is 4.86. The van der Waals surface area contributed by atoms with E-state index >= 15 is 0 Å². The summed E-state index contributed by atoms with van der Waals surface area (Å²) in [5, 5.41) is 0. The molecule has 21 heavy (non-hydrogen) atoms. The van der Waals surface area contributed by atoms with Gasteiger partial charge in [-0.2, -0.15) is 8.78 Å². The van der Waals surface area contributed by atoms with E-state index in [4.69, 9.17) is 9.47 Å². The molecule has 0 fully saturated rings. The maximum absolute atomic E-state index is 13.3. The van der Waals surface area contributed by atoms with Crippen molar-refractivity contribution in [3.05, 3.63) is 58.1 Å². The van der Waals surface area contributed by atoms with Gasteiger partial charge >= 0.3 is 0 Å². The molecule has 2 aromatic rings. The third-order valence-electron chi connectivity index (χ3n) is 2.48. The van der Waals surface area contributed by atoms with Gasteiger partial charge in [0.25, 0.3) is 0 Å². The highest BCUT2D eigenvalue weighted by Crippen LogP contribution is 2.26. The molecular weight excluding hydrogens is 356 g/mol. The molecule has 0 radical (unpaired) electrons. The van der Waals surface area contributed by atoms with Crippen molar-refractivity contribution in [1.29, 1.82) is 0 Å². The van der Waals surface area contributed by atoms with Gasteiger partial charge in [0.05, 0.1) is 0 Å². The average molecular weight is 365 g/mol. The Morgan fingerprint density at radius 1 is 0.810 bits per heavy atom. The summed E-state index contributed by atoms with van der Waals surface area (Å²) in [6.45, 7) is -0.314. The summed E-state index contributed by atoms with van der Waals surface area (Å²) in [7, 11) is 0. The quantitative estimate of drug-likeness (QED) is 0.443. The number of hydrogen-bond acceptors (Lipinski definition) is 2. The van der Waals surface area contributed by atoms with Crippen LogP contribution in [-0.2, 0) is 0 Å². The zero-order valence-electron chi connectivity index (χ0n) is 10.5. The molecular formula is C14H9BrF4O2. The second-order valence-electron chi connectivity index (χ2n) is 3.95. The molecule has 0 aliphatic rings. The highest BCUT2D eigenvalue weighted by atomic mass is 79.9. The predicted octanol–water partition coefficient (Wildman–Crippen LogP) is 4.46. The molecule has 0 atom stereocenters. The normalized spacial score (nSPS) is 10.5. The van der Waals surface area contributed by atoms with Crippen molar-refractivity contribution < 1.29 is 27.0 Å². The van der Waals surface area contributed by atoms with Gasteiger partial charge < -0.3 is 9.47 Å². The Morgan fingerprint density at radius 3 is 1.90 bits per heavy atom. The van der Waals surface area contributed by atoms with E-state index in [-0.39, 0.29) is 19.3 Å². The monoisotopic (exact) mass is 364 g/mol. The minimum atomic E-state index is -1.57. The highest BCUT2D eigenvalue weighted by Gasteiger charge is 2.20. The van der Waals surface area contributed by atoms with Crippen molar-refractivity contribution in [3.8, 4) is 11.5 Å². The Bertz CT molecular complexity index is 606. The second kappa shape index (κ2) is 6.80. The molecule has 2 aromatic carbocycles. The highest BCUT2D eigenvalue weighted by molar-refractivity contribution is 9.10. The molecule has 0 bridgehead atoms. The summed E-state index contributed by atoms with van der Waals surface area (Å²) in [4.78, 5) is 0. The summed E-state index contributed by atoms with van der Waals surface area (Å²) >= 11 is 3.25.